The summed E-state index contributed by atoms with van der Waals surface area (Å²) in [6.45, 7) is 0. The molecule has 194 valence electrons. The summed E-state index contributed by atoms with van der Waals surface area (Å²) in [4.78, 5) is 39.1. The molecule has 0 atom stereocenters. The van der Waals surface area contributed by atoms with Crippen LogP contribution in [-0.4, -0.2) is 55.2 Å². The van der Waals surface area contributed by atoms with E-state index in [9.17, 15) is 9.59 Å². The Morgan fingerprint density at radius 2 is 0.974 bits per heavy atom. The first-order valence-corrected chi connectivity index (χ1v) is 11.3. The molecule has 0 saturated carbocycles. The predicted octanol–water partition coefficient (Wildman–Crippen LogP) is 4.08. The molecule has 0 radical (unpaired) electrons. The molecule has 0 aliphatic rings. The van der Waals surface area contributed by atoms with Crippen LogP contribution in [0.15, 0.2) is 66.7 Å². The van der Waals surface area contributed by atoms with Crippen molar-refractivity contribution in [2.45, 2.75) is 0 Å². The second kappa shape index (κ2) is 11.7. The maximum atomic E-state index is 13.1. The quantitative estimate of drug-likeness (QED) is 0.338. The average molecular weight is 516 g/mol. The van der Waals surface area contributed by atoms with Gasteiger partial charge in [-0.05, 0) is 24.3 Å². The first-order chi connectivity index (χ1) is 18.4. The van der Waals surface area contributed by atoms with Gasteiger partial charge in [0, 0.05) is 28.8 Å². The summed E-state index contributed by atoms with van der Waals surface area (Å²) in [5.74, 6) is 0.859. The van der Waals surface area contributed by atoms with Crippen molar-refractivity contribution in [1.82, 2.24) is 15.0 Å². The minimum atomic E-state index is -0.512. The molecule has 4 aromatic rings. The third-order valence-corrected chi connectivity index (χ3v) is 5.35. The molecule has 4 rings (SSSR count). The lowest BCUT2D eigenvalue weighted by atomic mass is 10.2. The van der Waals surface area contributed by atoms with Crippen molar-refractivity contribution in [2.75, 3.05) is 39.1 Å². The minimum Gasteiger partial charge on any atom is -0.497 e. The van der Waals surface area contributed by atoms with Gasteiger partial charge in [0.2, 0.25) is 11.9 Å². The van der Waals surface area contributed by atoms with Crippen LogP contribution in [0.4, 0.5) is 11.9 Å². The average Bonchev–Trinajstić information content (AvgIpc) is 2.96. The van der Waals surface area contributed by atoms with Crippen molar-refractivity contribution < 1.29 is 28.5 Å². The first-order valence-electron chi connectivity index (χ1n) is 11.3. The van der Waals surface area contributed by atoms with Gasteiger partial charge in [-0.3, -0.25) is 20.2 Å². The topological polar surface area (TPSA) is 134 Å². The predicted molar refractivity (Wildman–Crippen MR) is 140 cm³/mol. The molecule has 0 spiro atoms. The Labute approximate surface area is 218 Å². The van der Waals surface area contributed by atoms with Crippen LogP contribution in [0.25, 0.3) is 11.4 Å². The standard InChI is InChI=1S/C27H25N5O6/c1-35-19-10-17(11-20(14-19)36-2)24(33)30-26-28-23(16-8-6-5-7-9-16)29-27(32-26)31-25(34)18-12-21(37-3)15-22(13-18)38-4/h5-15H,1-4H3,(H2,28,29,30,31,32,33,34). The van der Waals surface area contributed by atoms with Crippen LogP contribution in [0, 0.1) is 0 Å². The van der Waals surface area contributed by atoms with Crippen molar-refractivity contribution in [3.63, 3.8) is 0 Å². The van der Waals surface area contributed by atoms with Crippen molar-refractivity contribution >= 4 is 23.7 Å². The second-order valence-corrected chi connectivity index (χ2v) is 7.78. The molecule has 0 aliphatic heterocycles. The largest absolute Gasteiger partial charge is 0.497 e. The van der Waals surface area contributed by atoms with Gasteiger partial charge in [-0.2, -0.15) is 15.0 Å². The van der Waals surface area contributed by atoms with Gasteiger partial charge >= 0.3 is 0 Å². The molecule has 2 amide bonds. The fourth-order valence-electron chi connectivity index (χ4n) is 3.43. The van der Waals surface area contributed by atoms with E-state index < -0.39 is 11.8 Å². The molecule has 3 aromatic carbocycles. The monoisotopic (exact) mass is 515 g/mol. The summed E-state index contributed by atoms with van der Waals surface area (Å²) < 4.78 is 21.0. The highest BCUT2D eigenvalue weighted by Gasteiger charge is 2.17. The number of nitrogens with one attached hydrogen (secondary N) is 2. The number of aromatic nitrogens is 3. The maximum absolute atomic E-state index is 13.1. The van der Waals surface area contributed by atoms with Gasteiger partial charge in [0.15, 0.2) is 5.82 Å². The molecule has 0 fully saturated rings. The number of hydrogen-bond donors (Lipinski definition) is 2. The zero-order valence-corrected chi connectivity index (χ0v) is 21.1. The lowest BCUT2D eigenvalue weighted by Crippen LogP contribution is -2.19. The Hall–Kier alpha value is -5.19. The van der Waals surface area contributed by atoms with Gasteiger partial charge in [-0.25, -0.2) is 0 Å². The summed E-state index contributed by atoms with van der Waals surface area (Å²) in [7, 11) is 5.95. The van der Waals surface area contributed by atoms with E-state index in [2.05, 4.69) is 25.6 Å². The number of benzene rings is 3. The molecular weight excluding hydrogens is 490 g/mol. The van der Waals surface area contributed by atoms with Gasteiger partial charge in [0.25, 0.3) is 11.8 Å². The number of carbonyl (C=O) groups is 2. The number of methoxy groups -OCH3 is 4. The SMILES string of the molecule is COc1cc(OC)cc(C(=O)Nc2nc(NC(=O)c3cc(OC)cc(OC)c3)nc(-c3ccccc3)n2)c1. The van der Waals surface area contributed by atoms with Crippen LogP contribution in [0.2, 0.25) is 0 Å². The molecule has 11 heteroatoms. The van der Waals surface area contributed by atoms with Crippen LogP contribution < -0.4 is 29.6 Å². The number of rotatable bonds is 9. The Morgan fingerprint density at radius 3 is 1.34 bits per heavy atom. The number of nitrogens with zero attached hydrogens (tertiary/aromatic N) is 3. The first kappa shape index (κ1) is 25.9. The Balaban J connectivity index is 1.68. The zero-order valence-electron chi connectivity index (χ0n) is 21.1. The van der Waals surface area contributed by atoms with Gasteiger partial charge in [0.05, 0.1) is 28.4 Å². The molecule has 38 heavy (non-hydrogen) atoms. The molecule has 0 aliphatic carbocycles. The lowest BCUT2D eigenvalue weighted by molar-refractivity contribution is 0.101. The van der Waals surface area contributed by atoms with Crippen LogP contribution in [-0.2, 0) is 0 Å². The van der Waals surface area contributed by atoms with Crippen molar-refractivity contribution in [2.24, 2.45) is 0 Å². The van der Waals surface area contributed by atoms with Crippen LogP contribution in [0.5, 0.6) is 23.0 Å². The third-order valence-electron chi connectivity index (χ3n) is 5.35. The van der Waals surface area contributed by atoms with E-state index in [1.54, 1.807) is 48.5 Å². The molecule has 0 unspecified atom stereocenters. The summed E-state index contributed by atoms with van der Waals surface area (Å²) in [5, 5.41) is 5.31. The molecular formula is C27H25N5O6. The summed E-state index contributed by atoms with van der Waals surface area (Å²) in [5.41, 5.74) is 1.18. The Kier molecular flexibility index (Phi) is 7.97. The van der Waals surface area contributed by atoms with E-state index in [1.165, 1.54) is 28.4 Å². The normalized spacial score (nSPS) is 10.3. The van der Waals surface area contributed by atoms with Gasteiger partial charge in [-0.15, -0.1) is 0 Å². The maximum Gasteiger partial charge on any atom is 0.258 e. The van der Waals surface area contributed by atoms with E-state index in [-0.39, 0.29) is 28.8 Å². The van der Waals surface area contributed by atoms with E-state index in [1.807, 2.05) is 18.2 Å². The van der Waals surface area contributed by atoms with Crippen molar-refractivity contribution in [3.8, 4) is 34.4 Å². The number of anilines is 2. The summed E-state index contributed by atoms with van der Waals surface area (Å²) >= 11 is 0. The van der Waals surface area contributed by atoms with Crippen LogP contribution in [0.1, 0.15) is 20.7 Å². The van der Waals surface area contributed by atoms with E-state index in [4.69, 9.17) is 18.9 Å². The highest BCUT2D eigenvalue weighted by Crippen LogP contribution is 2.25. The molecule has 1 heterocycles. The van der Waals surface area contributed by atoms with Crippen molar-refractivity contribution in [1.29, 1.82) is 0 Å². The Bertz CT molecular complexity index is 1330. The minimum absolute atomic E-state index is 0.0656. The van der Waals surface area contributed by atoms with E-state index in [0.717, 1.165) is 0 Å². The van der Waals surface area contributed by atoms with Crippen LogP contribution >= 0.6 is 0 Å². The molecule has 0 bridgehead atoms. The molecule has 0 saturated heterocycles. The highest BCUT2D eigenvalue weighted by molar-refractivity contribution is 6.05. The number of amides is 2. The smallest absolute Gasteiger partial charge is 0.258 e. The third kappa shape index (κ3) is 6.13. The Morgan fingerprint density at radius 1 is 0.579 bits per heavy atom. The van der Waals surface area contributed by atoms with E-state index >= 15 is 0 Å². The van der Waals surface area contributed by atoms with Gasteiger partial charge in [-0.1, -0.05) is 30.3 Å². The lowest BCUT2D eigenvalue weighted by Gasteiger charge is -2.12. The second-order valence-electron chi connectivity index (χ2n) is 7.78. The fourth-order valence-corrected chi connectivity index (χ4v) is 3.43. The van der Waals surface area contributed by atoms with Crippen LogP contribution in [0.3, 0.4) is 0 Å². The fraction of sp³-hybridized carbons (Fsp3) is 0.148. The number of carbonyl (C=O) groups excluding carboxylic acids is 2. The summed E-state index contributed by atoms with van der Waals surface area (Å²) in [6, 6.07) is 18.6. The molecule has 2 N–H and O–H groups in total. The number of ether oxygens (including phenoxy) is 4. The summed E-state index contributed by atoms with van der Waals surface area (Å²) in [6.07, 6.45) is 0. The highest BCUT2D eigenvalue weighted by atomic mass is 16.5. The van der Waals surface area contributed by atoms with E-state index in [0.29, 0.717) is 28.6 Å². The molecule has 11 nitrogen and oxygen atoms in total. The van der Waals surface area contributed by atoms with Crippen molar-refractivity contribution in [3.05, 3.63) is 77.9 Å². The van der Waals surface area contributed by atoms with Gasteiger partial charge < -0.3 is 18.9 Å². The zero-order chi connectivity index (χ0) is 27.1. The molecule has 1 aromatic heterocycles. The number of hydrogen-bond acceptors (Lipinski definition) is 9. The van der Waals surface area contributed by atoms with Gasteiger partial charge in [0.1, 0.15) is 23.0 Å².